The van der Waals surface area contributed by atoms with Gasteiger partial charge in [-0.1, -0.05) is 18.2 Å². The minimum absolute atomic E-state index is 0.0556. The summed E-state index contributed by atoms with van der Waals surface area (Å²) in [5.74, 6) is 0.0556. The maximum atomic E-state index is 11.6. The summed E-state index contributed by atoms with van der Waals surface area (Å²) in [6.07, 6.45) is 0.995. The van der Waals surface area contributed by atoms with Crippen LogP contribution < -0.4 is 15.5 Å². The zero-order valence-corrected chi connectivity index (χ0v) is 14.7. The number of carbonyl (C=O) groups is 1. The van der Waals surface area contributed by atoms with Gasteiger partial charge in [-0.15, -0.1) is 0 Å². The number of rotatable bonds is 10. The van der Waals surface area contributed by atoms with Gasteiger partial charge in [0.1, 0.15) is 0 Å². The van der Waals surface area contributed by atoms with Gasteiger partial charge in [-0.05, 0) is 25.1 Å². The van der Waals surface area contributed by atoms with E-state index in [0.29, 0.717) is 19.7 Å². The van der Waals surface area contributed by atoms with Crippen LogP contribution in [0.1, 0.15) is 6.42 Å². The van der Waals surface area contributed by atoms with E-state index in [1.165, 1.54) is 5.69 Å². The fraction of sp³-hybridized carbons (Fsp3) is 0.611. The molecule has 0 bridgehead atoms. The van der Waals surface area contributed by atoms with Crippen LogP contribution in [-0.4, -0.2) is 76.9 Å². The van der Waals surface area contributed by atoms with Crippen LogP contribution in [0.15, 0.2) is 30.3 Å². The third-order valence-electron chi connectivity index (χ3n) is 4.24. The molecule has 1 aliphatic rings. The first-order valence-electron chi connectivity index (χ1n) is 8.78. The van der Waals surface area contributed by atoms with Gasteiger partial charge < -0.3 is 20.3 Å². The topological polar surface area (TPSA) is 56.8 Å². The Bertz CT molecular complexity index is 461. The molecule has 1 heterocycles. The number of anilines is 1. The van der Waals surface area contributed by atoms with Crippen molar-refractivity contribution in [3.05, 3.63) is 30.3 Å². The molecular formula is C18H30N4O2. The fourth-order valence-corrected chi connectivity index (χ4v) is 2.84. The molecule has 1 aromatic carbocycles. The van der Waals surface area contributed by atoms with Gasteiger partial charge in [0, 0.05) is 52.1 Å². The normalized spacial score (nSPS) is 15.5. The van der Waals surface area contributed by atoms with E-state index in [4.69, 9.17) is 4.74 Å². The lowest BCUT2D eigenvalue weighted by molar-refractivity contribution is -0.120. The predicted molar refractivity (Wildman–Crippen MR) is 97.5 cm³/mol. The zero-order chi connectivity index (χ0) is 17.0. The molecule has 1 aromatic rings. The average molecular weight is 334 g/mol. The lowest BCUT2D eigenvalue weighted by atomic mass is 10.2. The monoisotopic (exact) mass is 334 g/mol. The minimum atomic E-state index is 0.0556. The first kappa shape index (κ1) is 18.7. The molecule has 0 spiro atoms. The van der Waals surface area contributed by atoms with Crippen molar-refractivity contribution in [1.82, 2.24) is 15.5 Å². The summed E-state index contributed by atoms with van der Waals surface area (Å²) in [7, 11) is 1.65. The molecule has 6 heteroatoms. The SMILES string of the molecule is COCCNCC(=O)NCCCN1CCN(c2ccccc2)CC1. The number of hydrogen-bond donors (Lipinski definition) is 2. The number of ether oxygens (including phenoxy) is 1. The van der Waals surface area contributed by atoms with Crippen molar-refractivity contribution in [2.75, 3.05) is 71.0 Å². The molecule has 1 amide bonds. The number of benzene rings is 1. The Hall–Kier alpha value is -1.63. The van der Waals surface area contributed by atoms with Gasteiger partial charge in [-0.3, -0.25) is 9.69 Å². The molecule has 0 aromatic heterocycles. The molecule has 0 saturated carbocycles. The highest BCUT2D eigenvalue weighted by molar-refractivity contribution is 5.77. The van der Waals surface area contributed by atoms with Crippen molar-refractivity contribution >= 4 is 11.6 Å². The van der Waals surface area contributed by atoms with Gasteiger partial charge in [-0.25, -0.2) is 0 Å². The van der Waals surface area contributed by atoms with Crippen LogP contribution in [0.25, 0.3) is 0 Å². The largest absolute Gasteiger partial charge is 0.383 e. The number of para-hydroxylation sites is 1. The second-order valence-corrected chi connectivity index (χ2v) is 6.04. The van der Waals surface area contributed by atoms with Crippen LogP contribution in [0.3, 0.4) is 0 Å². The summed E-state index contributed by atoms with van der Waals surface area (Å²) < 4.78 is 4.92. The van der Waals surface area contributed by atoms with E-state index in [2.05, 4.69) is 50.8 Å². The molecule has 0 unspecified atom stereocenters. The maximum Gasteiger partial charge on any atom is 0.233 e. The van der Waals surface area contributed by atoms with Gasteiger partial charge in [-0.2, -0.15) is 0 Å². The van der Waals surface area contributed by atoms with E-state index in [1.54, 1.807) is 7.11 Å². The Morgan fingerprint density at radius 2 is 1.88 bits per heavy atom. The second-order valence-electron chi connectivity index (χ2n) is 6.04. The quantitative estimate of drug-likeness (QED) is 0.612. The molecule has 1 saturated heterocycles. The Morgan fingerprint density at radius 1 is 1.12 bits per heavy atom. The summed E-state index contributed by atoms with van der Waals surface area (Å²) in [6, 6.07) is 10.6. The Kier molecular flexibility index (Phi) is 8.59. The van der Waals surface area contributed by atoms with E-state index in [9.17, 15) is 4.79 Å². The number of nitrogens with zero attached hydrogens (tertiary/aromatic N) is 2. The number of nitrogens with one attached hydrogen (secondary N) is 2. The van der Waals surface area contributed by atoms with Crippen LogP contribution in [0, 0.1) is 0 Å². The molecule has 2 N–H and O–H groups in total. The molecule has 0 aliphatic carbocycles. The number of carbonyl (C=O) groups excluding carboxylic acids is 1. The van der Waals surface area contributed by atoms with Crippen molar-refractivity contribution in [2.45, 2.75) is 6.42 Å². The van der Waals surface area contributed by atoms with Crippen LogP contribution in [0.4, 0.5) is 5.69 Å². The van der Waals surface area contributed by atoms with Gasteiger partial charge >= 0.3 is 0 Å². The highest BCUT2D eigenvalue weighted by atomic mass is 16.5. The van der Waals surface area contributed by atoms with Crippen molar-refractivity contribution in [3.63, 3.8) is 0 Å². The van der Waals surface area contributed by atoms with Crippen molar-refractivity contribution in [2.24, 2.45) is 0 Å². The summed E-state index contributed by atoms with van der Waals surface area (Å²) in [5.41, 5.74) is 1.31. The first-order valence-corrected chi connectivity index (χ1v) is 8.78. The van der Waals surface area contributed by atoms with E-state index < -0.39 is 0 Å². The Balaban J connectivity index is 1.51. The van der Waals surface area contributed by atoms with Gasteiger partial charge in [0.15, 0.2) is 0 Å². The molecule has 2 rings (SSSR count). The summed E-state index contributed by atoms with van der Waals surface area (Å²) in [4.78, 5) is 16.5. The van der Waals surface area contributed by atoms with E-state index in [-0.39, 0.29) is 5.91 Å². The highest BCUT2D eigenvalue weighted by Crippen LogP contribution is 2.15. The average Bonchev–Trinajstić information content (AvgIpc) is 2.64. The molecular weight excluding hydrogens is 304 g/mol. The van der Waals surface area contributed by atoms with Crippen LogP contribution in [-0.2, 0) is 9.53 Å². The minimum Gasteiger partial charge on any atom is -0.383 e. The lowest BCUT2D eigenvalue weighted by Gasteiger charge is -2.36. The third kappa shape index (κ3) is 6.86. The van der Waals surface area contributed by atoms with E-state index in [0.717, 1.165) is 45.7 Å². The van der Waals surface area contributed by atoms with Crippen molar-refractivity contribution in [3.8, 4) is 0 Å². The number of hydrogen-bond acceptors (Lipinski definition) is 5. The van der Waals surface area contributed by atoms with Crippen LogP contribution >= 0.6 is 0 Å². The predicted octanol–water partition coefficient (Wildman–Crippen LogP) is 0.551. The lowest BCUT2D eigenvalue weighted by Crippen LogP contribution is -2.47. The molecule has 0 atom stereocenters. The highest BCUT2D eigenvalue weighted by Gasteiger charge is 2.16. The van der Waals surface area contributed by atoms with Crippen LogP contribution in [0.5, 0.6) is 0 Å². The van der Waals surface area contributed by atoms with Gasteiger partial charge in [0.2, 0.25) is 5.91 Å². The number of piperazine rings is 1. The number of methoxy groups -OCH3 is 1. The Morgan fingerprint density at radius 3 is 2.58 bits per heavy atom. The van der Waals surface area contributed by atoms with Crippen molar-refractivity contribution < 1.29 is 9.53 Å². The van der Waals surface area contributed by atoms with E-state index in [1.807, 2.05) is 0 Å². The van der Waals surface area contributed by atoms with Crippen LogP contribution in [0.2, 0.25) is 0 Å². The smallest absolute Gasteiger partial charge is 0.233 e. The van der Waals surface area contributed by atoms with E-state index >= 15 is 0 Å². The standard InChI is InChI=1S/C18H30N4O2/c1-24-15-9-19-16-18(23)20-8-5-10-21-11-13-22(14-12-21)17-6-3-2-4-7-17/h2-4,6-7,19H,5,8-16H2,1H3,(H,20,23). The fourth-order valence-electron chi connectivity index (χ4n) is 2.84. The summed E-state index contributed by atoms with van der Waals surface area (Å²) in [6.45, 7) is 7.78. The Labute approximate surface area is 145 Å². The molecule has 134 valence electrons. The maximum absolute atomic E-state index is 11.6. The molecule has 24 heavy (non-hydrogen) atoms. The first-order chi connectivity index (χ1) is 11.8. The second kappa shape index (κ2) is 11.0. The summed E-state index contributed by atoms with van der Waals surface area (Å²) in [5, 5.41) is 6.00. The molecule has 1 aliphatic heterocycles. The van der Waals surface area contributed by atoms with Gasteiger partial charge in [0.05, 0.1) is 13.2 Å². The van der Waals surface area contributed by atoms with Gasteiger partial charge in [0.25, 0.3) is 0 Å². The number of amides is 1. The molecule has 0 radical (unpaired) electrons. The molecule has 6 nitrogen and oxygen atoms in total. The van der Waals surface area contributed by atoms with Crippen molar-refractivity contribution in [1.29, 1.82) is 0 Å². The zero-order valence-electron chi connectivity index (χ0n) is 14.7. The third-order valence-corrected chi connectivity index (χ3v) is 4.24. The molecule has 1 fully saturated rings. The summed E-state index contributed by atoms with van der Waals surface area (Å²) >= 11 is 0.